The van der Waals surface area contributed by atoms with Crippen molar-refractivity contribution in [3.8, 4) is 11.5 Å². The van der Waals surface area contributed by atoms with Crippen LogP contribution in [-0.4, -0.2) is 43.4 Å². The highest BCUT2D eigenvalue weighted by Gasteiger charge is 2.20. The molecule has 2 aromatic carbocycles. The number of carbonyl (C=O) groups excluding carboxylic acids is 3. The normalized spacial score (nSPS) is 13.2. The number of benzene rings is 2. The number of hydrazine groups is 1. The molecular formula is C21H23N3O5. The number of amides is 3. The van der Waals surface area contributed by atoms with Crippen LogP contribution in [0.3, 0.4) is 0 Å². The lowest BCUT2D eigenvalue weighted by molar-refractivity contribution is -0.128. The van der Waals surface area contributed by atoms with Crippen LogP contribution in [0.25, 0.3) is 0 Å². The molecular weight excluding hydrogens is 374 g/mol. The Morgan fingerprint density at radius 3 is 2.03 bits per heavy atom. The summed E-state index contributed by atoms with van der Waals surface area (Å²) in [7, 11) is 2.98. The number of hydrogen-bond acceptors (Lipinski definition) is 5. The van der Waals surface area contributed by atoms with Crippen molar-refractivity contribution in [2.75, 3.05) is 20.8 Å². The van der Waals surface area contributed by atoms with Gasteiger partial charge in [0.25, 0.3) is 11.8 Å². The second kappa shape index (κ2) is 9.09. The van der Waals surface area contributed by atoms with E-state index in [1.54, 1.807) is 47.4 Å². The van der Waals surface area contributed by atoms with Crippen LogP contribution in [0.1, 0.15) is 39.1 Å². The van der Waals surface area contributed by atoms with Gasteiger partial charge in [-0.1, -0.05) is 12.1 Å². The van der Waals surface area contributed by atoms with Crippen LogP contribution >= 0.6 is 0 Å². The molecule has 0 spiro atoms. The second-order valence-electron chi connectivity index (χ2n) is 6.63. The first-order chi connectivity index (χ1) is 14.0. The van der Waals surface area contributed by atoms with E-state index >= 15 is 0 Å². The smallest absolute Gasteiger partial charge is 0.269 e. The summed E-state index contributed by atoms with van der Waals surface area (Å²) in [5.74, 6) is 0.140. The van der Waals surface area contributed by atoms with Crippen LogP contribution in [-0.2, 0) is 11.3 Å². The zero-order chi connectivity index (χ0) is 20.8. The molecule has 0 atom stereocenters. The summed E-state index contributed by atoms with van der Waals surface area (Å²) in [6.45, 7) is 1.30. The van der Waals surface area contributed by atoms with Crippen molar-refractivity contribution in [3.05, 3.63) is 59.2 Å². The van der Waals surface area contributed by atoms with E-state index in [4.69, 9.17) is 9.47 Å². The number of carbonyl (C=O) groups is 3. The summed E-state index contributed by atoms with van der Waals surface area (Å²) in [5.41, 5.74) is 6.39. The summed E-state index contributed by atoms with van der Waals surface area (Å²) >= 11 is 0. The standard InChI is InChI=1S/C21H23N3O5/c1-28-17-10-16(11-18(12-17)29-2)21(27)23-22-20(26)15-7-5-14(6-8-15)13-24-9-3-4-19(24)25/h5-8,10-12H,3-4,9,13H2,1-2H3,(H,22,26)(H,23,27). The maximum absolute atomic E-state index is 12.3. The zero-order valence-electron chi connectivity index (χ0n) is 16.4. The van der Waals surface area contributed by atoms with Crippen LogP contribution in [0.2, 0.25) is 0 Å². The Bertz CT molecular complexity index is 889. The van der Waals surface area contributed by atoms with Crippen LogP contribution in [0.5, 0.6) is 11.5 Å². The Balaban J connectivity index is 1.57. The Morgan fingerprint density at radius 1 is 0.931 bits per heavy atom. The second-order valence-corrected chi connectivity index (χ2v) is 6.63. The molecule has 0 aliphatic carbocycles. The number of hydrogen-bond donors (Lipinski definition) is 2. The molecule has 29 heavy (non-hydrogen) atoms. The van der Waals surface area contributed by atoms with Gasteiger partial charge >= 0.3 is 0 Å². The van der Waals surface area contributed by atoms with Gasteiger partial charge in [0.15, 0.2) is 0 Å². The molecule has 0 saturated carbocycles. The highest BCUT2D eigenvalue weighted by Crippen LogP contribution is 2.22. The minimum absolute atomic E-state index is 0.156. The van der Waals surface area contributed by atoms with E-state index in [-0.39, 0.29) is 11.5 Å². The van der Waals surface area contributed by atoms with Crippen molar-refractivity contribution in [1.82, 2.24) is 15.8 Å². The fraction of sp³-hybridized carbons (Fsp3) is 0.286. The van der Waals surface area contributed by atoms with Crippen molar-refractivity contribution < 1.29 is 23.9 Å². The lowest BCUT2D eigenvalue weighted by Gasteiger charge is -2.15. The average molecular weight is 397 g/mol. The Morgan fingerprint density at radius 2 is 1.52 bits per heavy atom. The van der Waals surface area contributed by atoms with Gasteiger partial charge in [0.2, 0.25) is 5.91 Å². The lowest BCUT2D eigenvalue weighted by Crippen LogP contribution is -2.41. The largest absolute Gasteiger partial charge is 0.497 e. The van der Waals surface area contributed by atoms with Gasteiger partial charge in [-0.25, -0.2) is 0 Å². The maximum Gasteiger partial charge on any atom is 0.269 e. The number of nitrogens with one attached hydrogen (secondary N) is 2. The van der Waals surface area contributed by atoms with Crippen molar-refractivity contribution in [2.45, 2.75) is 19.4 Å². The zero-order valence-corrected chi connectivity index (χ0v) is 16.4. The first-order valence-electron chi connectivity index (χ1n) is 9.20. The highest BCUT2D eigenvalue weighted by atomic mass is 16.5. The van der Waals surface area contributed by atoms with Gasteiger partial charge < -0.3 is 14.4 Å². The third-order valence-electron chi connectivity index (χ3n) is 4.66. The van der Waals surface area contributed by atoms with Crippen molar-refractivity contribution in [1.29, 1.82) is 0 Å². The number of nitrogens with zero attached hydrogens (tertiary/aromatic N) is 1. The molecule has 0 unspecified atom stereocenters. The Labute approximate surface area is 168 Å². The number of ether oxygens (including phenoxy) is 2. The molecule has 1 saturated heterocycles. The first kappa shape index (κ1) is 20.2. The van der Waals surface area contributed by atoms with Crippen molar-refractivity contribution in [2.24, 2.45) is 0 Å². The SMILES string of the molecule is COc1cc(OC)cc(C(=O)NNC(=O)c2ccc(CN3CCCC3=O)cc2)c1. The average Bonchev–Trinajstić information content (AvgIpc) is 3.16. The molecule has 0 aromatic heterocycles. The fourth-order valence-electron chi connectivity index (χ4n) is 3.05. The van der Waals surface area contributed by atoms with E-state index in [2.05, 4.69) is 10.9 Å². The number of likely N-dealkylation sites (tertiary alicyclic amines) is 1. The quantitative estimate of drug-likeness (QED) is 0.726. The lowest BCUT2D eigenvalue weighted by atomic mass is 10.1. The summed E-state index contributed by atoms with van der Waals surface area (Å²) in [6, 6.07) is 11.6. The predicted octanol–water partition coefficient (Wildman–Crippen LogP) is 1.90. The van der Waals surface area contributed by atoms with Crippen molar-refractivity contribution in [3.63, 3.8) is 0 Å². The van der Waals surface area contributed by atoms with Crippen LogP contribution in [0.4, 0.5) is 0 Å². The van der Waals surface area contributed by atoms with Crippen LogP contribution in [0, 0.1) is 0 Å². The summed E-state index contributed by atoms with van der Waals surface area (Å²) in [4.78, 5) is 38.1. The van der Waals surface area contributed by atoms with E-state index in [0.717, 1.165) is 18.5 Å². The van der Waals surface area contributed by atoms with Gasteiger partial charge in [-0.15, -0.1) is 0 Å². The molecule has 2 N–H and O–H groups in total. The minimum Gasteiger partial charge on any atom is -0.497 e. The van der Waals surface area contributed by atoms with Gasteiger partial charge in [0, 0.05) is 36.7 Å². The molecule has 152 valence electrons. The first-order valence-corrected chi connectivity index (χ1v) is 9.20. The van der Waals surface area contributed by atoms with Crippen molar-refractivity contribution >= 4 is 17.7 Å². The molecule has 3 rings (SSSR count). The summed E-state index contributed by atoms with van der Waals surface area (Å²) in [5, 5.41) is 0. The molecule has 3 amide bonds. The molecule has 1 aliphatic heterocycles. The van der Waals surface area contributed by atoms with E-state index < -0.39 is 11.8 Å². The maximum atomic E-state index is 12.3. The van der Waals surface area contributed by atoms with E-state index in [1.165, 1.54) is 14.2 Å². The molecule has 0 radical (unpaired) electrons. The minimum atomic E-state index is -0.500. The monoisotopic (exact) mass is 397 g/mol. The molecule has 2 aromatic rings. The number of rotatable bonds is 6. The van der Waals surface area contributed by atoms with Gasteiger partial charge in [-0.3, -0.25) is 25.2 Å². The van der Waals surface area contributed by atoms with Gasteiger partial charge in [-0.05, 0) is 36.2 Å². The Hall–Kier alpha value is -3.55. The van der Waals surface area contributed by atoms with Crippen LogP contribution < -0.4 is 20.3 Å². The van der Waals surface area contributed by atoms with E-state index in [9.17, 15) is 14.4 Å². The van der Waals surface area contributed by atoms with E-state index in [1.807, 2.05) is 0 Å². The highest BCUT2D eigenvalue weighted by molar-refractivity contribution is 5.99. The summed E-state index contributed by atoms with van der Waals surface area (Å²) < 4.78 is 10.3. The molecule has 0 bridgehead atoms. The van der Waals surface area contributed by atoms with Gasteiger partial charge in [0.1, 0.15) is 11.5 Å². The molecule has 8 heteroatoms. The molecule has 8 nitrogen and oxygen atoms in total. The third-order valence-corrected chi connectivity index (χ3v) is 4.66. The molecule has 1 aliphatic rings. The fourth-order valence-corrected chi connectivity index (χ4v) is 3.05. The molecule has 1 fully saturated rings. The predicted molar refractivity (Wildman–Crippen MR) is 106 cm³/mol. The third kappa shape index (κ3) is 5.04. The topological polar surface area (TPSA) is 97.0 Å². The summed E-state index contributed by atoms with van der Waals surface area (Å²) in [6.07, 6.45) is 1.48. The number of methoxy groups -OCH3 is 2. The Kier molecular flexibility index (Phi) is 6.33. The van der Waals surface area contributed by atoms with E-state index in [0.29, 0.717) is 30.0 Å². The van der Waals surface area contributed by atoms with Gasteiger partial charge in [-0.2, -0.15) is 0 Å². The van der Waals surface area contributed by atoms with Crippen LogP contribution in [0.15, 0.2) is 42.5 Å². The van der Waals surface area contributed by atoms with Gasteiger partial charge in [0.05, 0.1) is 14.2 Å². The molecule has 1 heterocycles.